The van der Waals surface area contributed by atoms with E-state index >= 15 is 0 Å². The summed E-state index contributed by atoms with van der Waals surface area (Å²) in [6, 6.07) is 9.77. The largest absolute Gasteiger partial charge is 0.419 e. The van der Waals surface area contributed by atoms with Crippen molar-refractivity contribution < 1.29 is 9.21 Å². The standard InChI is InChI=1S/C13H14N4O2/c18-11-6-10(7-15-11)14-8-12-16-17-13(19-12)9-4-2-1-3-5-9/h1-5,10,14H,6-8H2,(H,15,18). The molecule has 0 aliphatic carbocycles. The summed E-state index contributed by atoms with van der Waals surface area (Å²) in [6.07, 6.45) is 0.500. The first-order valence-corrected chi connectivity index (χ1v) is 6.19. The third kappa shape index (κ3) is 2.79. The van der Waals surface area contributed by atoms with Gasteiger partial charge >= 0.3 is 0 Å². The molecule has 6 nitrogen and oxygen atoms in total. The lowest BCUT2D eigenvalue weighted by Crippen LogP contribution is -2.30. The second-order valence-corrected chi connectivity index (χ2v) is 4.45. The molecule has 1 saturated heterocycles. The van der Waals surface area contributed by atoms with Crippen molar-refractivity contribution in [1.29, 1.82) is 0 Å². The Morgan fingerprint density at radius 3 is 2.89 bits per heavy atom. The minimum Gasteiger partial charge on any atom is -0.419 e. The van der Waals surface area contributed by atoms with Gasteiger partial charge in [-0.05, 0) is 12.1 Å². The van der Waals surface area contributed by atoms with Crippen LogP contribution in [0.2, 0.25) is 0 Å². The van der Waals surface area contributed by atoms with E-state index in [0.717, 1.165) is 5.56 Å². The molecule has 3 rings (SSSR count). The smallest absolute Gasteiger partial charge is 0.247 e. The topological polar surface area (TPSA) is 80.1 Å². The Morgan fingerprint density at radius 1 is 1.32 bits per heavy atom. The first-order valence-electron chi connectivity index (χ1n) is 6.19. The molecule has 1 aliphatic heterocycles. The summed E-state index contributed by atoms with van der Waals surface area (Å²) in [6.45, 7) is 1.12. The maximum atomic E-state index is 11.1. The van der Waals surface area contributed by atoms with Gasteiger partial charge in [-0.3, -0.25) is 4.79 Å². The summed E-state index contributed by atoms with van der Waals surface area (Å²) >= 11 is 0. The molecular formula is C13H14N4O2. The average molecular weight is 258 g/mol. The molecule has 98 valence electrons. The molecule has 0 saturated carbocycles. The number of hydrogen-bond donors (Lipinski definition) is 2. The highest BCUT2D eigenvalue weighted by atomic mass is 16.4. The first kappa shape index (κ1) is 11.9. The fourth-order valence-electron chi connectivity index (χ4n) is 2.00. The summed E-state index contributed by atoms with van der Waals surface area (Å²) in [5, 5.41) is 14.0. The zero-order chi connectivity index (χ0) is 13.1. The van der Waals surface area contributed by atoms with Crippen LogP contribution >= 0.6 is 0 Å². The zero-order valence-electron chi connectivity index (χ0n) is 10.3. The number of carbonyl (C=O) groups excluding carboxylic acids is 1. The Labute approximate surface area is 110 Å². The van der Waals surface area contributed by atoms with Crippen molar-refractivity contribution in [3.05, 3.63) is 36.2 Å². The van der Waals surface area contributed by atoms with Gasteiger partial charge in [-0.2, -0.15) is 0 Å². The van der Waals surface area contributed by atoms with Gasteiger partial charge in [0.05, 0.1) is 6.54 Å². The number of rotatable bonds is 4. The Kier molecular flexibility index (Phi) is 3.24. The lowest BCUT2D eigenvalue weighted by atomic mass is 10.2. The second-order valence-electron chi connectivity index (χ2n) is 4.45. The van der Waals surface area contributed by atoms with Crippen LogP contribution in [0.15, 0.2) is 34.7 Å². The highest BCUT2D eigenvalue weighted by Gasteiger charge is 2.21. The lowest BCUT2D eigenvalue weighted by Gasteiger charge is -2.06. The molecule has 2 aromatic rings. The van der Waals surface area contributed by atoms with Crippen molar-refractivity contribution in [2.24, 2.45) is 0 Å². The molecule has 0 bridgehead atoms. The minimum atomic E-state index is 0.0769. The summed E-state index contributed by atoms with van der Waals surface area (Å²) < 4.78 is 5.57. The number of carbonyl (C=O) groups is 1. The van der Waals surface area contributed by atoms with E-state index in [9.17, 15) is 4.79 Å². The van der Waals surface area contributed by atoms with Crippen molar-refractivity contribution in [2.45, 2.75) is 19.0 Å². The van der Waals surface area contributed by atoms with Crippen molar-refractivity contribution in [3.63, 3.8) is 0 Å². The molecule has 19 heavy (non-hydrogen) atoms. The number of nitrogens with zero attached hydrogens (tertiary/aromatic N) is 2. The Balaban J connectivity index is 1.61. The zero-order valence-corrected chi connectivity index (χ0v) is 10.3. The molecule has 0 radical (unpaired) electrons. The molecule has 1 atom stereocenters. The van der Waals surface area contributed by atoms with Crippen LogP contribution in [0.4, 0.5) is 0 Å². The quantitative estimate of drug-likeness (QED) is 0.844. The molecule has 1 fully saturated rings. The van der Waals surface area contributed by atoms with Crippen molar-refractivity contribution in [1.82, 2.24) is 20.8 Å². The van der Waals surface area contributed by atoms with Gasteiger partial charge < -0.3 is 15.1 Å². The van der Waals surface area contributed by atoms with E-state index in [2.05, 4.69) is 20.8 Å². The van der Waals surface area contributed by atoms with E-state index < -0.39 is 0 Å². The van der Waals surface area contributed by atoms with Gasteiger partial charge in [0.15, 0.2) is 0 Å². The fraction of sp³-hybridized carbons (Fsp3) is 0.308. The summed E-state index contributed by atoms with van der Waals surface area (Å²) in [5.41, 5.74) is 0.902. The van der Waals surface area contributed by atoms with Gasteiger partial charge in [0.1, 0.15) is 0 Å². The van der Waals surface area contributed by atoms with Crippen LogP contribution in [0.25, 0.3) is 11.5 Å². The van der Waals surface area contributed by atoms with Crippen molar-refractivity contribution in [3.8, 4) is 11.5 Å². The number of nitrogens with one attached hydrogen (secondary N) is 2. The molecule has 1 unspecified atom stereocenters. The predicted octanol–water partition coefficient (Wildman–Crippen LogP) is 0.715. The SMILES string of the molecule is O=C1CC(NCc2nnc(-c3ccccc3)o2)CN1. The third-order valence-corrected chi connectivity index (χ3v) is 3.01. The Morgan fingerprint density at radius 2 is 2.16 bits per heavy atom. The van der Waals surface area contributed by atoms with Gasteiger partial charge in [-0.1, -0.05) is 18.2 Å². The first-order chi connectivity index (χ1) is 9.31. The molecule has 0 spiro atoms. The molecule has 2 N–H and O–H groups in total. The van der Waals surface area contributed by atoms with Crippen LogP contribution < -0.4 is 10.6 Å². The van der Waals surface area contributed by atoms with Crippen molar-refractivity contribution in [2.75, 3.05) is 6.54 Å². The maximum absolute atomic E-state index is 11.1. The maximum Gasteiger partial charge on any atom is 0.247 e. The normalized spacial score (nSPS) is 18.5. The van der Waals surface area contributed by atoms with Crippen molar-refractivity contribution >= 4 is 5.91 Å². The van der Waals surface area contributed by atoms with E-state index in [-0.39, 0.29) is 11.9 Å². The van der Waals surface area contributed by atoms with E-state index in [1.54, 1.807) is 0 Å². The molecule has 1 aromatic carbocycles. The van der Waals surface area contributed by atoms with Gasteiger partial charge in [0, 0.05) is 24.6 Å². The molecular weight excluding hydrogens is 244 g/mol. The van der Waals surface area contributed by atoms with Crippen LogP contribution in [0, 0.1) is 0 Å². The van der Waals surface area contributed by atoms with E-state index in [1.165, 1.54) is 0 Å². The monoisotopic (exact) mass is 258 g/mol. The van der Waals surface area contributed by atoms with Crippen LogP contribution in [-0.4, -0.2) is 28.7 Å². The Hall–Kier alpha value is -2.21. The third-order valence-electron chi connectivity index (χ3n) is 3.01. The molecule has 2 heterocycles. The highest BCUT2D eigenvalue weighted by Crippen LogP contribution is 2.16. The molecule has 1 aromatic heterocycles. The predicted molar refractivity (Wildman–Crippen MR) is 68.0 cm³/mol. The van der Waals surface area contributed by atoms with Gasteiger partial charge in [-0.15, -0.1) is 10.2 Å². The van der Waals surface area contributed by atoms with Crippen LogP contribution in [0.1, 0.15) is 12.3 Å². The van der Waals surface area contributed by atoms with Gasteiger partial charge in [0.2, 0.25) is 17.7 Å². The van der Waals surface area contributed by atoms with Gasteiger partial charge in [-0.25, -0.2) is 0 Å². The molecule has 1 amide bonds. The highest BCUT2D eigenvalue weighted by molar-refractivity contribution is 5.78. The van der Waals surface area contributed by atoms with Crippen LogP contribution in [-0.2, 0) is 11.3 Å². The summed E-state index contributed by atoms with van der Waals surface area (Å²) in [4.78, 5) is 11.1. The van der Waals surface area contributed by atoms with Crippen LogP contribution in [0.3, 0.4) is 0 Å². The number of aromatic nitrogens is 2. The van der Waals surface area contributed by atoms with E-state index in [1.807, 2.05) is 30.3 Å². The number of amides is 1. The van der Waals surface area contributed by atoms with Gasteiger partial charge in [0.25, 0.3) is 0 Å². The number of hydrogen-bond acceptors (Lipinski definition) is 5. The Bertz CT molecular complexity index is 567. The summed E-state index contributed by atoms with van der Waals surface area (Å²) in [7, 11) is 0. The lowest BCUT2D eigenvalue weighted by molar-refractivity contribution is -0.119. The molecule has 6 heteroatoms. The fourth-order valence-corrected chi connectivity index (χ4v) is 2.00. The minimum absolute atomic E-state index is 0.0769. The number of benzene rings is 1. The van der Waals surface area contributed by atoms with E-state index in [4.69, 9.17) is 4.42 Å². The molecule has 1 aliphatic rings. The summed E-state index contributed by atoms with van der Waals surface area (Å²) in [5.74, 6) is 1.12. The second kappa shape index (κ2) is 5.19. The van der Waals surface area contributed by atoms with E-state index in [0.29, 0.717) is 31.3 Å². The average Bonchev–Trinajstić information content (AvgIpc) is 3.06. The van der Waals surface area contributed by atoms with Crippen LogP contribution in [0.5, 0.6) is 0 Å².